The van der Waals surface area contributed by atoms with Crippen LogP contribution in [0.25, 0.3) is 0 Å². The van der Waals surface area contributed by atoms with Crippen molar-refractivity contribution in [3.8, 4) is 11.5 Å². The lowest BCUT2D eigenvalue weighted by Gasteiger charge is -2.21. The lowest BCUT2D eigenvalue weighted by molar-refractivity contribution is -0.120. The molecule has 0 aliphatic carbocycles. The molecule has 0 radical (unpaired) electrons. The van der Waals surface area contributed by atoms with E-state index < -0.39 is 5.97 Å². The number of hydrogen-bond donors (Lipinski definition) is 1. The summed E-state index contributed by atoms with van der Waals surface area (Å²) in [6.45, 7) is 1.33. The largest absolute Gasteiger partial charge is 0.465 e. The third kappa shape index (κ3) is 4.17. The fourth-order valence-corrected chi connectivity index (χ4v) is 2.60. The first-order valence-corrected chi connectivity index (χ1v) is 8.14. The summed E-state index contributed by atoms with van der Waals surface area (Å²) in [6.07, 6.45) is 0. The number of methoxy groups -OCH3 is 1. The van der Waals surface area contributed by atoms with Crippen molar-refractivity contribution >= 4 is 29.2 Å². The summed E-state index contributed by atoms with van der Waals surface area (Å²) in [5, 5.41) is 2.72. The van der Waals surface area contributed by atoms with Gasteiger partial charge in [0.15, 0.2) is 11.5 Å². The Bertz CT molecular complexity index is 878. The van der Waals surface area contributed by atoms with Crippen molar-refractivity contribution in [3.63, 3.8) is 0 Å². The lowest BCUT2D eigenvalue weighted by atomic mass is 10.2. The summed E-state index contributed by atoms with van der Waals surface area (Å²) >= 11 is 0. The number of benzene rings is 2. The standard InChI is InChI=1S/C19H18N2O6/c1-12(22)21(15-6-3-13(4-7-15)19(24)25-2)10-18(23)20-14-5-8-16-17(9-14)27-11-26-16/h3-9H,10-11H2,1-2H3,(H,20,23). The summed E-state index contributed by atoms with van der Waals surface area (Å²) in [7, 11) is 1.29. The van der Waals surface area contributed by atoms with Gasteiger partial charge in [-0.3, -0.25) is 9.59 Å². The highest BCUT2D eigenvalue weighted by molar-refractivity contribution is 6.02. The molecule has 0 aromatic heterocycles. The third-order valence-corrected chi connectivity index (χ3v) is 3.94. The highest BCUT2D eigenvalue weighted by Gasteiger charge is 2.18. The van der Waals surface area contributed by atoms with Crippen LogP contribution in [-0.4, -0.2) is 38.2 Å². The molecule has 1 N–H and O–H groups in total. The van der Waals surface area contributed by atoms with Gasteiger partial charge in [0.2, 0.25) is 18.6 Å². The second-order valence-electron chi connectivity index (χ2n) is 5.76. The molecule has 0 atom stereocenters. The first-order chi connectivity index (χ1) is 13.0. The smallest absolute Gasteiger partial charge is 0.337 e. The fourth-order valence-electron chi connectivity index (χ4n) is 2.60. The van der Waals surface area contributed by atoms with Crippen molar-refractivity contribution in [2.24, 2.45) is 0 Å². The fraction of sp³-hybridized carbons (Fsp3) is 0.211. The summed E-state index contributed by atoms with van der Waals surface area (Å²) in [4.78, 5) is 37.2. The average molecular weight is 370 g/mol. The summed E-state index contributed by atoms with van der Waals surface area (Å²) in [5.74, 6) is 0.0120. The molecule has 0 fully saturated rings. The van der Waals surface area contributed by atoms with Gasteiger partial charge in [0.1, 0.15) is 6.54 Å². The molecule has 0 saturated heterocycles. The van der Waals surface area contributed by atoms with Gasteiger partial charge in [-0.2, -0.15) is 0 Å². The van der Waals surface area contributed by atoms with Crippen molar-refractivity contribution in [3.05, 3.63) is 48.0 Å². The van der Waals surface area contributed by atoms with E-state index in [0.29, 0.717) is 28.4 Å². The van der Waals surface area contributed by atoms with E-state index in [0.717, 1.165) is 0 Å². The first-order valence-electron chi connectivity index (χ1n) is 8.14. The average Bonchev–Trinajstić information content (AvgIpc) is 3.13. The number of carbonyl (C=O) groups is 3. The van der Waals surface area contributed by atoms with Gasteiger partial charge in [-0.15, -0.1) is 0 Å². The number of hydrogen-bond acceptors (Lipinski definition) is 6. The number of esters is 1. The van der Waals surface area contributed by atoms with Gasteiger partial charge >= 0.3 is 5.97 Å². The van der Waals surface area contributed by atoms with Crippen LogP contribution in [0.3, 0.4) is 0 Å². The second-order valence-corrected chi connectivity index (χ2v) is 5.76. The molecule has 0 saturated carbocycles. The van der Waals surface area contributed by atoms with E-state index in [-0.39, 0.29) is 25.2 Å². The van der Waals surface area contributed by atoms with E-state index in [2.05, 4.69) is 10.1 Å². The minimum absolute atomic E-state index is 0.145. The maximum Gasteiger partial charge on any atom is 0.337 e. The van der Waals surface area contributed by atoms with E-state index in [4.69, 9.17) is 9.47 Å². The van der Waals surface area contributed by atoms with E-state index in [9.17, 15) is 14.4 Å². The van der Waals surface area contributed by atoms with Crippen LogP contribution < -0.4 is 19.7 Å². The number of nitrogens with one attached hydrogen (secondary N) is 1. The quantitative estimate of drug-likeness (QED) is 0.811. The van der Waals surface area contributed by atoms with E-state index in [1.807, 2.05) is 0 Å². The van der Waals surface area contributed by atoms with Gasteiger partial charge in [-0.1, -0.05) is 0 Å². The van der Waals surface area contributed by atoms with Gasteiger partial charge in [-0.25, -0.2) is 4.79 Å². The lowest BCUT2D eigenvalue weighted by Crippen LogP contribution is -2.36. The van der Waals surface area contributed by atoms with E-state index in [1.165, 1.54) is 31.1 Å². The Labute approximate surface area is 155 Å². The van der Waals surface area contributed by atoms with Crippen molar-refractivity contribution in [1.29, 1.82) is 0 Å². The van der Waals surface area contributed by atoms with Crippen molar-refractivity contribution < 1.29 is 28.6 Å². The highest BCUT2D eigenvalue weighted by atomic mass is 16.7. The van der Waals surface area contributed by atoms with Gasteiger partial charge in [0.05, 0.1) is 12.7 Å². The van der Waals surface area contributed by atoms with Gasteiger partial charge < -0.3 is 24.4 Å². The van der Waals surface area contributed by atoms with Gasteiger partial charge in [0, 0.05) is 24.4 Å². The molecule has 0 spiro atoms. The Balaban J connectivity index is 1.69. The molecule has 3 rings (SSSR count). The summed E-state index contributed by atoms with van der Waals surface area (Å²) < 4.78 is 15.1. The molecule has 1 heterocycles. The van der Waals surface area contributed by atoms with Crippen LogP contribution in [0.4, 0.5) is 11.4 Å². The Kier molecular flexibility index (Phi) is 5.25. The number of fused-ring (bicyclic) bond motifs is 1. The molecule has 2 amide bonds. The van der Waals surface area contributed by atoms with Crippen molar-refractivity contribution in [2.75, 3.05) is 30.7 Å². The van der Waals surface area contributed by atoms with Gasteiger partial charge in [0.25, 0.3) is 0 Å². The monoisotopic (exact) mass is 370 g/mol. The topological polar surface area (TPSA) is 94.2 Å². The zero-order chi connectivity index (χ0) is 19.4. The Morgan fingerprint density at radius 1 is 1.07 bits per heavy atom. The first kappa shape index (κ1) is 18.2. The predicted molar refractivity (Wildman–Crippen MR) is 97.0 cm³/mol. The van der Waals surface area contributed by atoms with Crippen LogP contribution in [0.1, 0.15) is 17.3 Å². The Morgan fingerprint density at radius 3 is 2.44 bits per heavy atom. The number of amides is 2. The van der Waals surface area contributed by atoms with Crippen LogP contribution >= 0.6 is 0 Å². The zero-order valence-electron chi connectivity index (χ0n) is 14.9. The minimum atomic E-state index is -0.475. The molecule has 2 aromatic rings. The molecule has 1 aliphatic heterocycles. The molecule has 140 valence electrons. The highest BCUT2D eigenvalue weighted by Crippen LogP contribution is 2.34. The number of anilines is 2. The SMILES string of the molecule is COC(=O)c1ccc(N(CC(=O)Nc2ccc3c(c2)OCO3)C(C)=O)cc1. The van der Waals surface area contributed by atoms with Gasteiger partial charge in [-0.05, 0) is 36.4 Å². The summed E-state index contributed by atoms with van der Waals surface area (Å²) in [5.41, 5.74) is 1.39. The molecular formula is C19H18N2O6. The maximum atomic E-state index is 12.4. The molecule has 1 aliphatic rings. The molecule has 8 heteroatoms. The summed E-state index contributed by atoms with van der Waals surface area (Å²) in [6, 6.07) is 11.3. The van der Waals surface area contributed by atoms with Crippen molar-refractivity contribution in [2.45, 2.75) is 6.92 Å². The number of carbonyl (C=O) groups excluding carboxylic acids is 3. The molecule has 0 unspecified atom stereocenters. The molecule has 27 heavy (non-hydrogen) atoms. The van der Waals surface area contributed by atoms with Crippen molar-refractivity contribution in [1.82, 2.24) is 0 Å². The third-order valence-electron chi connectivity index (χ3n) is 3.94. The zero-order valence-corrected chi connectivity index (χ0v) is 14.9. The van der Waals surface area contributed by atoms with Crippen LogP contribution in [0.5, 0.6) is 11.5 Å². The molecular weight excluding hydrogens is 352 g/mol. The normalized spacial score (nSPS) is 11.6. The minimum Gasteiger partial charge on any atom is -0.465 e. The number of rotatable bonds is 5. The van der Waals surface area contributed by atoms with Crippen LogP contribution in [-0.2, 0) is 14.3 Å². The Morgan fingerprint density at radius 2 is 1.78 bits per heavy atom. The van der Waals surface area contributed by atoms with E-state index >= 15 is 0 Å². The predicted octanol–water partition coefficient (Wildman–Crippen LogP) is 2.19. The molecule has 0 bridgehead atoms. The number of ether oxygens (including phenoxy) is 3. The second kappa shape index (κ2) is 7.77. The maximum absolute atomic E-state index is 12.4. The van der Waals surface area contributed by atoms with Crippen LogP contribution in [0, 0.1) is 0 Å². The molecule has 8 nitrogen and oxygen atoms in total. The number of nitrogens with zero attached hydrogens (tertiary/aromatic N) is 1. The van der Waals surface area contributed by atoms with Crippen LogP contribution in [0.15, 0.2) is 42.5 Å². The van der Waals surface area contributed by atoms with E-state index in [1.54, 1.807) is 30.3 Å². The van der Waals surface area contributed by atoms with Crippen LogP contribution in [0.2, 0.25) is 0 Å². The molecule has 2 aromatic carbocycles. The Hall–Kier alpha value is -3.55.